The van der Waals surface area contributed by atoms with Gasteiger partial charge in [-0.05, 0) is 55.0 Å². The van der Waals surface area contributed by atoms with Crippen molar-refractivity contribution in [3.8, 4) is 5.75 Å². The zero-order valence-electron chi connectivity index (χ0n) is 15.6. The maximum Gasteiger partial charge on any atom is 0.341 e. The van der Waals surface area contributed by atoms with Gasteiger partial charge < -0.3 is 15.2 Å². The minimum atomic E-state index is -3.77. The van der Waals surface area contributed by atoms with Crippen LogP contribution in [-0.2, 0) is 14.8 Å². The molecule has 7 nitrogen and oxygen atoms in total. The second-order valence-electron chi connectivity index (χ2n) is 6.11. The highest BCUT2D eigenvalue weighted by atomic mass is 35.5. The van der Waals surface area contributed by atoms with Crippen LogP contribution in [0.4, 0.5) is 5.69 Å². The van der Waals surface area contributed by atoms with Gasteiger partial charge in [0.05, 0.1) is 15.9 Å². The molecule has 1 atom stereocenters. The molecule has 0 saturated heterocycles. The normalized spacial score (nSPS) is 12.2. The standard InChI is InChI=1S/C19H21ClN2O5S2/c1-2-3-17(22-29(25,26)16-10-4-13(20)5-11-16)19(28)21-14-6-8-15(9-7-14)27-12-18(23)24/h4-11,17,22H,2-3,12H2,1H3,(H,21,28)(H,23,24)/t17-/m0/s1. The van der Waals surface area contributed by atoms with E-state index in [1.54, 1.807) is 24.3 Å². The molecule has 2 aromatic rings. The van der Waals surface area contributed by atoms with Gasteiger partial charge in [0, 0.05) is 10.7 Å². The lowest BCUT2D eigenvalue weighted by molar-refractivity contribution is -0.139. The number of benzene rings is 2. The van der Waals surface area contributed by atoms with Crippen molar-refractivity contribution in [2.75, 3.05) is 11.9 Å². The van der Waals surface area contributed by atoms with Crippen LogP contribution in [-0.4, -0.2) is 37.1 Å². The minimum absolute atomic E-state index is 0.103. The molecule has 29 heavy (non-hydrogen) atoms. The highest BCUT2D eigenvalue weighted by molar-refractivity contribution is 7.89. The van der Waals surface area contributed by atoms with Crippen LogP contribution in [0.25, 0.3) is 0 Å². The summed E-state index contributed by atoms with van der Waals surface area (Å²) in [6.45, 7) is 1.50. The van der Waals surface area contributed by atoms with Crippen molar-refractivity contribution >= 4 is 50.5 Å². The first-order valence-corrected chi connectivity index (χ1v) is 11.0. The summed E-state index contributed by atoms with van der Waals surface area (Å²) in [5.74, 6) is -0.666. The molecule has 3 N–H and O–H groups in total. The van der Waals surface area contributed by atoms with Crippen molar-refractivity contribution in [3.63, 3.8) is 0 Å². The summed E-state index contributed by atoms with van der Waals surface area (Å²) in [4.78, 5) is 11.0. The Kier molecular flexibility index (Phi) is 8.39. The van der Waals surface area contributed by atoms with Crippen LogP contribution in [0.1, 0.15) is 19.8 Å². The van der Waals surface area contributed by atoms with Crippen molar-refractivity contribution in [2.24, 2.45) is 0 Å². The Morgan fingerprint density at radius 2 is 1.79 bits per heavy atom. The van der Waals surface area contributed by atoms with Crippen LogP contribution in [0, 0.1) is 0 Å². The van der Waals surface area contributed by atoms with Gasteiger partial charge in [0.15, 0.2) is 6.61 Å². The molecule has 0 saturated carbocycles. The van der Waals surface area contributed by atoms with Gasteiger partial charge >= 0.3 is 5.97 Å². The fourth-order valence-corrected chi connectivity index (χ4v) is 4.15. The van der Waals surface area contributed by atoms with Gasteiger partial charge in [-0.2, -0.15) is 0 Å². The number of ether oxygens (including phenoxy) is 1. The number of carboxylic acids is 1. The lowest BCUT2D eigenvalue weighted by atomic mass is 10.2. The zero-order valence-corrected chi connectivity index (χ0v) is 18.0. The third kappa shape index (κ3) is 7.28. The zero-order chi connectivity index (χ0) is 21.4. The van der Waals surface area contributed by atoms with Crippen molar-refractivity contribution in [1.82, 2.24) is 4.72 Å². The fourth-order valence-electron chi connectivity index (χ4n) is 2.41. The van der Waals surface area contributed by atoms with E-state index < -0.39 is 28.6 Å². The number of hydrogen-bond donors (Lipinski definition) is 3. The van der Waals surface area contributed by atoms with E-state index in [0.29, 0.717) is 27.9 Å². The topological polar surface area (TPSA) is 105 Å². The molecule has 0 fully saturated rings. The van der Waals surface area contributed by atoms with Crippen LogP contribution in [0.5, 0.6) is 5.75 Å². The second-order valence-corrected chi connectivity index (χ2v) is 8.70. The fraction of sp³-hybridized carbons (Fsp3) is 0.263. The molecule has 0 bridgehead atoms. The number of rotatable bonds is 10. The van der Waals surface area contributed by atoms with Crippen LogP contribution >= 0.6 is 23.8 Å². The summed E-state index contributed by atoms with van der Waals surface area (Å²) >= 11 is 11.2. The quantitative estimate of drug-likeness (QED) is 0.468. The van der Waals surface area contributed by atoms with Crippen LogP contribution in [0.15, 0.2) is 53.4 Å². The van der Waals surface area contributed by atoms with Gasteiger partial charge in [-0.1, -0.05) is 37.2 Å². The predicted octanol–water partition coefficient (Wildman–Crippen LogP) is 3.69. The maximum absolute atomic E-state index is 12.7. The number of aliphatic carboxylic acids is 1. The third-order valence-corrected chi connectivity index (χ3v) is 5.93. The van der Waals surface area contributed by atoms with E-state index >= 15 is 0 Å². The van der Waals surface area contributed by atoms with Gasteiger partial charge in [-0.3, -0.25) is 0 Å². The van der Waals surface area contributed by atoms with Gasteiger partial charge in [0.1, 0.15) is 5.75 Å². The number of carbonyl (C=O) groups is 1. The SMILES string of the molecule is CCC[C@H](NS(=O)(=O)c1ccc(Cl)cc1)C(=S)Nc1ccc(OCC(=O)O)cc1. The van der Waals surface area contributed by atoms with Gasteiger partial charge in [-0.25, -0.2) is 17.9 Å². The number of hydrogen-bond acceptors (Lipinski definition) is 5. The van der Waals surface area contributed by atoms with Crippen molar-refractivity contribution in [1.29, 1.82) is 0 Å². The molecule has 0 amide bonds. The highest BCUT2D eigenvalue weighted by Crippen LogP contribution is 2.18. The molecule has 0 spiro atoms. The molecule has 10 heteroatoms. The Morgan fingerprint density at radius 1 is 1.17 bits per heavy atom. The van der Waals surface area contributed by atoms with E-state index in [9.17, 15) is 13.2 Å². The summed E-state index contributed by atoms with van der Waals surface area (Å²) in [7, 11) is -3.77. The first kappa shape index (κ1) is 23.1. The summed E-state index contributed by atoms with van der Waals surface area (Å²) in [6.07, 6.45) is 1.23. The average molecular weight is 457 g/mol. The Balaban J connectivity index is 2.06. The van der Waals surface area contributed by atoms with Gasteiger partial charge in [0.25, 0.3) is 0 Å². The lowest BCUT2D eigenvalue weighted by Crippen LogP contribution is -2.42. The number of thiocarbonyl (C=S) groups is 1. The van der Waals surface area contributed by atoms with Crippen molar-refractivity contribution in [2.45, 2.75) is 30.7 Å². The molecule has 0 aromatic heterocycles. The Hall–Kier alpha value is -2.20. The third-order valence-electron chi connectivity index (χ3n) is 3.80. The summed E-state index contributed by atoms with van der Waals surface area (Å²) in [6, 6.07) is 11.8. The Bertz CT molecular complexity index is 948. The van der Waals surface area contributed by atoms with E-state index in [1.165, 1.54) is 24.3 Å². The molecule has 2 aromatic carbocycles. The summed E-state index contributed by atoms with van der Waals surface area (Å²) in [5.41, 5.74) is 0.629. The molecule has 0 unspecified atom stereocenters. The van der Waals surface area contributed by atoms with E-state index in [-0.39, 0.29) is 4.90 Å². The molecule has 0 heterocycles. The van der Waals surface area contributed by atoms with Crippen molar-refractivity contribution in [3.05, 3.63) is 53.6 Å². The first-order chi connectivity index (χ1) is 13.7. The number of carboxylic acid groups (broad SMARTS) is 1. The Morgan fingerprint density at radius 3 is 2.34 bits per heavy atom. The molecule has 156 valence electrons. The molecule has 0 aliphatic rings. The smallest absolute Gasteiger partial charge is 0.341 e. The molecule has 0 radical (unpaired) electrons. The molecule has 0 aliphatic carbocycles. The summed E-state index contributed by atoms with van der Waals surface area (Å²) in [5, 5.41) is 12.1. The number of halogens is 1. The minimum Gasteiger partial charge on any atom is -0.482 e. The average Bonchev–Trinajstić information content (AvgIpc) is 2.67. The van der Waals surface area contributed by atoms with E-state index in [1.807, 2.05) is 6.92 Å². The first-order valence-electron chi connectivity index (χ1n) is 8.74. The monoisotopic (exact) mass is 456 g/mol. The molecule has 0 aliphatic heterocycles. The molecule has 2 rings (SSSR count). The van der Waals surface area contributed by atoms with Crippen LogP contribution < -0.4 is 14.8 Å². The largest absolute Gasteiger partial charge is 0.482 e. The van der Waals surface area contributed by atoms with E-state index in [4.69, 9.17) is 33.7 Å². The summed E-state index contributed by atoms with van der Waals surface area (Å²) < 4.78 is 33.0. The molecular formula is C19H21ClN2O5S2. The predicted molar refractivity (Wildman–Crippen MR) is 116 cm³/mol. The van der Waals surface area contributed by atoms with Gasteiger partial charge in [-0.15, -0.1) is 0 Å². The number of sulfonamides is 1. The maximum atomic E-state index is 12.7. The lowest BCUT2D eigenvalue weighted by Gasteiger charge is -2.20. The number of nitrogens with one attached hydrogen (secondary N) is 2. The number of anilines is 1. The highest BCUT2D eigenvalue weighted by Gasteiger charge is 2.23. The van der Waals surface area contributed by atoms with Gasteiger partial charge in [0.2, 0.25) is 10.0 Å². The van der Waals surface area contributed by atoms with Crippen LogP contribution in [0.2, 0.25) is 5.02 Å². The van der Waals surface area contributed by atoms with E-state index in [2.05, 4.69) is 10.0 Å². The van der Waals surface area contributed by atoms with Crippen molar-refractivity contribution < 1.29 is 23.1 Å². The van der Waals surface area contributed by atoms with E-state index in [0.717, 1.165) is 6.42 Å². The Labute approximate surface area is 180 Å². The second kappa shape index (κ2) is 10.5. The van der Waals surface area contributed by atoms with Crippen LogP contribution in [0.3, 0.4) is 0 Å². The molecular weight excluding hydrogens is 436 g/mol.